The van der Waals surface area contributed by atoms with Gasteiger partial charge in [0.15, 0.2) is 0 Å². The Balaban J connectivity index is 2.22. The number of aryl methyl sites for hydroxylation is 1. The predicted molar refractivity (Wildman–Crippen MR) is 72.7 cm³/mol. The summed E-state index contributed by atoms with van der Waals surface area (Å²) in [6, 6.07) is 14.0. The molecule has 2 rings (SSSR count). The first-order chi connectivity index (χ1) is 8.19. The maximum absolute atomic E-state index is 5.95. The molecule has 0 spiro atoms. The van der Waals surface area contributed by atoms with E-state index in [2.05, 4.69) is 13.0 Å². The maximum atomic E-state index is 5.95. The number of benzene rings is 2. The number of nitrogen functional groups attached to an aromatic ring is 1. The third-order valence-corrected chi connectivity index (χ3v) is 3.54. The average Bonchev–Trinajstić information content (AvgIpc) is 2.35. The molecule has 0 aliphatic heterocycles. The fourth-order valence-electron chi connectivity index (χ4n) is 1.50. The molecule has 0 radical (unpaired) electrons. The van der Waals surface area contributed by atoms with E-state index in [0.717, 1.165) is 21.2 Å². The minimum absolute atomic E-state index is 0.816. The number of ether oxygens (including phenoxy) is 1. The zero-order chi connectivity index (χ0) is 12.3. The molecule has 0 fully saturated rings. The summed E-state index contributed by atoms with van der Waals surface area (Å²) in [6.07, 6.45) is 0. The summed E-state index contributed by atoms with van der Waals surface area (Å²) in [4.78, 5) is 2.25. The molecule has 0 saturated heterocycles. The Morgan fingerprint density at radius 1 is 1.06 bits per heavy atom. The Morgan fingerprint density at radius 3 is 2.41 bits per heavy atom. The third kappa shape index (κ3) is 2.94. The molecule has 2 aromatic carbocycles. The van der Waals surface area contributed by atoms with Gasteiger partial charge in [-0.15, -0.1) is 0 Å². The van der Waals surface area contributed by atoms with E-state index < -0.39 is 0 Å². The smallest absolute Gasteiger partial charge is 0.118 e. The number of hydrogen-bond donors (Lipinski definition) is 1. The lowest BCUT2D eigenvalue weighted by molar-refractivity contribution is 0.414. The van der Waals surface area contributed by atoms with Crippen LogP contribution in [-0.2, 0) is 0 Å². The fraction of sp³-hybridized carbons (Fsp3) is 0.143. The van der Waals surface area contributed by atoms with Crippen molar-refractivity contribution in [2.45, 2.75) is 16.7 Å². The molecular formula is C14H15NOS. The van der Waals surface area contributed by atoms with Crippen LogP contribution in [-0.4, -0.2) is 7.11 Å². The van der Waals surface area contributed by atoms with Crippen molar-refractivity contribution in [1.82, 2.24) is 0 Å². The second-order valence-corrected chi connectivity index (χ2v) is 4.93. The largest absolute Gasteiger partial charge is 0.497 e. The van der Waals surface area contributed by atoms with Crippen LogP contribution < -0.4 is 10.5 Å². The van der Waals surface area contributed by atoms with Gasteiger partial charge in [0.2, 0.25) is 0 Å². The van der Waals surface area contributed by atoms with Gasteiger partial charge in [0.05, 0.1) is 7.11 Å². The maximum Gasteiger partial charge on any atom is 0.118 e. The van der Waals surface area contributed by atoms with Gasteiger partial charge in [-0.1, -0.05) is 17.8 Å². The second kappa shape index (κ2) is 5.15. The number of anilines is 1. The van der Waals surface area contributed by atoms with E-state index in [-0.39, 0.29) is 0 Å². The van der Waals surface area contributed by atoms with Crippen molar-refractivity contribution in [3.63, 3.8) is 0 Å². The lowest BCUT2D eigenvalue weighted by Gasteiger charge is -2.07. The molecule has 2 aromatic rings. The minimum Gasteiger partial charge on any atom is -0.497 e. The van der Waals surface area contributed by atoms with E-state index in [1.165, 1.54) is 5.56 Å². The van der Waals surface area contributed by atoms with Gasteiger partial charge < -0.3 is 10.5 Å². The monoisotopic (exact) mass is 245 g/mol. The van der Waals surface area contributed by atoms with Crippen molar-refractivity contribution in [3.05, 3.63) is 48.0 Å². The molecule has 0 aromatic heterocycles. The van der Waals surface area contributed by atoms with Gasteiger partial charge in [-0.2, -0.15) is 0 Å². The highest BCUT2D eigenvalue weighted by Crippen LogP contribution is 2.33. The van der Waals surface area contributed by atoms with Crippen molar-refractivity contribution >= 4 is 17.4 Å². The van der Waals surface area contributed by atoms with Crippen LogP contribution in [0.5, 0.6) is 5.75 Å². The molecule has 0 aliphatic carbocycles. The first-order valence-electron chi connectivity index (χ1n) is 5.37. The lowest BCUT2D eigenvalue weighted by Crippen LogP contribution is -1.89. The summed E-state index contributed by atoms with van der Waals surface area (Å²) in [6.45, 7) is 2.07. The highest BCUT2D eigenvalue weighted by Gasteiger charge is 2.02. The fourth-order valence-corrected chi connectivity index (χ4v) is 2.46. The van der Waals surface area contributed by atoms with Gasteiger partial charge in [-0.05, 0) is 48.9 Å². The van der Waals surface area contributed by atoms with E-state index in [0.29, 0.717) is 0 Å². The van der Waals surface area contributed by atoms with Gasteiger partial charge in [0.25, 0.3) is 0 Å². The molecule has 3 heteroatoms. The first kappa shape index (κ1) is 11.9. The number of methoxy groups -OCH3 is 1. The Kier molecular flexibility index (Phi) is 3.59. The van der Waals surface area contributed by atoms with E-state index in [4.69, 9.17) is 10.5 Å². The third-order valence-electron chi connectivity index (χ3n) is 2.46. The molecular weight excluding hydrogens is 230 g/mol. The Morgan fingerprint density at radius 2 is 1.76 bits per heavy atom. The van der Waals surface area contributed by atoms with Gasteiger partial charge in [-0.3, -0.25) is 0 Å². The lowest BCUT2D eigenvalue weighted by atomic mass is 10.2. The molecule has 0 unspecified atom stereocenters. The van der Waals surface area contributed by atoms with Crippen LogP contribution >= 0.6 is 11.8 Å². The highest BCUT2D eigenvalue weighted by atomic mass is 32.2. The van der Waals surface area contributed by atoms with Crippen molar-refractivity contribution in [2.24, 2.45) is 0 Å². The summed E-state index contributed by atoms with van der Waals surface area (Å²) < 4.78 is 5.13. The zero-order valence-corrected chi connectivity index (χ0v) is 10.8. The molecule has 2 nitrogen and oxygen atoms in total. The van der Waals surface area contributed by atoms with Crippen LogP contribution in [0.1, 0.15) is 5.56 Å². The average molecular weight is 245 g/mol. The Hall–Kier alpha value is -1.61. The van der Waals surface area contributed by atoms with E-state index in [9.17, 15) is 0 Å². The van der Waals surface area contributed by atoms with Gasteiger partial charge in [0, 0.05) is 15.5 Å². The van der Waals surface area contributed by atoms with Crippen molar-refractivity contribution in [3.8, 4) is 5.75 Å². The van der Waals surface area contributed by atoms with Crippen LogP contribution in [0.2, 0.25) is 0 Å². The van der Waals surface area contributed by atoms with Gasteiger partial charge >= 0.3 is 0 Å². The summed E-state index contributed by atoms with van der Waals surface area (Å²) in [5, 5.41) is 0. The normalized spacial score (nSPS) is 10.2. The molecule has 0 amide bonds. The van der Waals surface area contributed by atoms with Gasteiger partial charge in [0.1, 0.15) is 5.75 Å². The molecule has 17 heavy (non-hydrogen) atoms. The number of rotatable bonds is 3. The SMILES string of the molecule is COc1ccc(Sc2cc(C)ccc2N)cc1. The molecule has 0 aliphatic rings. The summed E-state index contributed by atoms with van der Waals surface area (Å²) >= 11 is 1.67. The number of hydrogen-bond acceptors (Lipinski definition) is 3. The molecule has 0 bridgehead atoms. The molecule has 2 N–H and O–H groups in total. The quantitative estimate of drug-likeness (QED) is 0.837. The van der Waals surface area contributed by atoms with Gasteiger partial charge in [-0.25, -0.2) is 0 Å². The Bertz CT molecular complexity index is 508. The van der Waals surface area contributed by atoms with Crippen LogP contribution in [0.3, 0.4) is 0 Å². The van der Waals surface area contributed by atoms with Crippen LogP contribution in [0, 0.1) is 6.92 Å². The first-order valence-corrected chi connectivity index (χ1v) is 6.19. The predicted octanol–water partition coefficient (Wildman–Crippen LogP) is 3.74. The number of nitrogens with two attached hydrogens (primary N) is 1. The zero-order valence-electron chi connectivity index (χ0n) is 9.94. The molecule has 88 valence electrons. The summed E-state index contributed by atoms with van der Waals surface area (Å²) in [7, 11) is 1.67. The van der Waals surface area contributed by atoms with E-state index in [1.807, 2.05) is 36.4 Å². The topological polar surface area (TPSA) is 35.2 Å². The second-order valence-electron chi connectivity index (χ2n) is 3.82. The van der Waals surface area contributed by atoms with E-state index in [1.54, 1.807) is 18.9 Å². The summed E-state index contributed by atoms with van der Waals surface area (Å²) in [5.41, 5.74) is 7.98. The molecule has 0 saturated carbocycles. The van der Waals surface area contributed by atoms with Crippen LogP contribution in [0.15, 0.2) is 52.3 Å². The van der Waals surface area contributed by atoms with E-state index >= 15 is 0 Å². The van der Waals surface area contributed by atoms with Crippen LogP contribution in [0.4, 0.5) is 5.69 Å². The minimum atomic E-state index is 0.816. The summed E-state index contributed by atoms with van der Waals surface area (Å²) in [5.74, 6) is 0.867. The Labute approximate surface area is 106 Å². The molecule has 0 heterocycles. The van der Waals surface area contributed by atoms with Crippen LogP contribution in [0.25, 0.3) is 0 Å². The highest BCUT2D eigenvalue weighted by molar-refractivity contribution is 7.99. The van der Waals surface area contributed by atoms with Crippen molar-refractivity contribution in [2.75, 3.05) is 12.8 Å². The molecule has 0 atom stereocenters. The van der Waals surface area contributed by atoms with Crippen molar-refractivity contribution in [1.29, 1.82) is 0 Å². The standard InChI is InChI=1S/C14H15NOS/c1-10-3-8-13(15)14(9-10)17-12-6-4-11(16-2)5-7-12/h3-9H,15H2,1-2H3. The van der Waals surface area contributed by atoms with Crippen molar-refractivity contribution < 1.29 is 4.74 Å².